The molecule has 1 atom stereocenters. The number of anilines is 1. The Bertz CT molecular complexity index is 1400. The Kier molecular flexibility index (Phi) is 9.51. The lowest BCUT2D eigenvalue weighted by molar-refractivity contribution is -0.140. The van der Waals surface area contributed by atoms with E-state index in [1.165, 1.54) is 48.3 Å². The summed E-state index contributed by atoms with van der Waals surface area (Å²) in [6.45, 7) is 4.68. The zero-order valence-corrected chi connectivity index (χ0v) is 23.3. The highest BCUT2D eigenvalue weighted by atomic mass is 35.5. The van der Waals surface area contributed by atoms with Crippen molar-refractivity contribution in [3.05, 3.63) is 94.3 Å². The summed E-state index contributed by atoms with van der Waals surface area (Å²) in [7, 11) is -2.73. The van der Waals surface area contributed by atoms with Crippen molar-refractivity contribution in [2.24, 2.45) is 0 Å². The highest BCUT2D eigenvalue weighted by Gasteiger charge is 2.34. The van der Waals surface area contributed by atoms with Crippen LogP contribution >= 0.6 is 11.6 Å². The molecule has 0 aliphatic heterocycles. The van der Waals surface area contributed by atoms with Gasteiger partial charge in [-0.15, -0.1) is 0 Å². The van der Waals surface area contributed by atoms with Crippen molar-refractivity contribution < 1.29 is 22.4 Å². The molecule has 0 heterocycles. The molecule has 38 heavy (non-hydrogen) atoms. The molecule has 3 rings (SSSR count). The van der Waals surface area contributed by atoms with Gasteiger partial charge in [-0.05, 0) is 67.8 Å². The number of benzene rings is 3. The summed E-state index contributed by atoms with van der Waals surface area (Å²) in [5.41, 5.74) is 2.21. The van der Waals surface area contributed by atoms with Crippen LogP contribution in [-0.2, 0) is 26.2 Å². The van der Waals surface area contributed by atoms with Gasteiger partial charge in [-0.2, -0.15) is 0 Å². The lowest BCUT2D eigenvalue weighted by Crippen LogP contribution is -2.51. The van der Waals surface area contributed by atoms with Gasteiger partial charge in [0.2, 0.25) is 11.8 Å². The average molecular weight is 560 g/mol. The fraction of sp³-hybridized carbons (Fsp3) is 0.286. The molecule has 0 saturated carbocycles. The van der Waals surface area contributed by atoms with Crippen molar-refractivity contribution in [1.82, 2.24) is 10.2 Å². The van der Waals surface area contributed by atoms with Crippen molar-refractivity contribution in [2.75, 3.05) is 17.9 Å². The number of nitrogens with zero attached hydrogens (tertiary/aromatic N) is 2. The number of halogens is 2. The predicted molar refractivity (Wildman–Crippen MR) is 147 cm³/mol. The molecule has 0 aromatic heterocycles. The van der Waals surface area contributed by atoms with E-state index >= 15 is 0 Å². The van der Waals surface area contributed by atoms with Crippen LogP contribution in [-0.4, -0.2) is 44.8 Å². The third-order valence-corrected chi connectivity index (χ3v) is 8.48. The molecule has 10 heteroatoms. The first-order valence-corrected chi connectivity index (χ1v) is 13.9. The Morgan fingerprint density at radius 2 is 1.63 bits per heavy atom. The number of aryl methyl sites for hydroxylation is 1. The summed E-state index contributed by atoms with van der Waals surface area (Å²) in [4.78, 5) is 27.9. The molecule has 0 saturated heterocycles. The molecule has 0 bridgehead atoms. The Balaban J connectivity index is 2.10. The zero-order chi connectivity index (χ0) is 28.0. The van der Waals surface area contributed by atoms with E-state index in [-0.39, 0.29) is 23.5 Å². The lowest BCUT2D eigenvalue weighted by Gasteiger charge is -2.33. The molecule has 0 radical (unpaired) electrons. The van der Waals surface area contributed by atoms with Gasteiger partial charge in [0, 0.05) is 18.6 Å². The lowest BCUT2D eigenvalue weighted by atomic mass is 10.1. The topological polar surface area (TPSA) is 86.8 Å². The third kappa shape index (κ3) is 6.52. The van der Waals surface area contributed by atoms with E-state index in [9.17, 15) is 22.4 Å². The Hall–Kier alpha value is -3.43. The number of sulfonamides is 1. The molecule has 0 aliphatic carbocycles. The minimum Gasteiger partial charge on any atom is -0.357 e. The summed E-state index contributed by atoms with van der Waals surface area (Å²) in [5.74, 6) is -1.42. The molecule has 0 fully saturated rings. The second-order valence-electron chi connectivity index (χ2n) is 8.90. The number of amides is 2. The molecule has 0 unspecified atom stereocenters. The van der Waals surface area contributed by atoms with Crippen LogP contribution in [0.3, 0.4) is 0 Å². The summed E-state index contributed by atoms with van der Waals surface area (Å²) in [5, 5.41) is 2.91. The molecule has 2 amide bonds. The molecule has 0 spiro atoms. The Morgan fingerprint density at radius 1 is 1.00 bits per heavy atom. The van der Waals surface area contributed by atoms with Gasteiger partial charge in [0.15, 0.2) is 0 Å². The maximum atomic E-state index is 13.9. The maximum Gasteiger partial charge on any atom is 0.264 e. The fourth-order valence-electron chi connectivity index (χ4n) is 4.09. The summed E-state index contributed by atoms with van der Waals surface area (Å²) in [6.07, 6.45) is 0.285. The van der Waals surface area contributed by atoms with E-state index in [0.717, 1.165) is 9.87 Å². The van der Waals surface area contributed by atoms with E-state index in [1.807, 2.05) is 6.92 Å². The molecule has 7 nitrogen and oxygen atoms in total. The average Bonchev–Trinajstić information content (AvgIpc) is 2.90. The third-order valence-electron chi connectivity index (χ3n) is 6.29. The van der Waals surface area contributed by atoms with Crippen LogP contribution in [0.25, 0.3) is 0 Å². The minimum absolute atomic E-state index is 0.0127. The van der Waals surface area contributed by atoms with Gasteiger partial charge in [-0.1, -0.05) is 54.4 Å². The smallest absolute Gasteiger partial charge is 0.264 e. The van der Waals surface area contributed by atoms with E-state index in [4.69, 9.17) is 11.6 Å². The first kappa shape index (κ1) is 29.1. The van der Waals surface area contributed by atoms with Gasteiger partial charge in [-0.3, -0.25) is 13.9 Å². The number of nitrogens with one attached hydrogen (secondary N) is 1. The first-order chi connectivity index (χ1) is 18.0. The SMILES string of the molecule is CC[C@H](C(=O)NC)N(Cc1ccc(F)cc1)C(=O)CN(c1cccc(Cl)c1C)S(=O)(=O)c1ccc(C)cc1. The normalized spacial score (nSPS) is 12.1. The van der Waals surface area contributed by atoms with Gasteiger partial charge in [0.05, 0.1) is 10.6 Å². The van der Waals surface area contributed by atoms with Crippen LogP contribution < -0.4 is 9.62 Å². The number of carbonyl (C=O) groups excluding carboxylic acids is 2. The van der Waals surface area contributed by atoms with Crippen molar-refractivity contribution >= 4 is 39.1 Å². The van der Waals surface area contributed by atoms with E-state index < -0.39 is 40.2 Å². The standard InChI is InChI=1S/C28H31ClFN3O4S/c1-5-25(28(35)31-4)32(17-21-11-13-22(30)14-12-21)27(34)18-33(26-8-6-7-24(29)20(26)3)38(36,37)23-15-9-19(2)10-16-23/h6-16,25H,5,17-18H2,1-4H3,(H,31,35)/t25-/m1/s1. The van der Waals surface area contributed by atoms with Crippen LogP contribution in [0.5, 0.6) is 0 Å². The molecule has 3 aromatic rings. The van der Waals surface area contributed by atoms with Crippen molar-refractivity contribution in [2.45, 2.75) is 44.7 Å². The van der Waals surface area contributed by atoms with Gasteiger partial charge < -0.3 is 10.2 Å². The molecule has 0 aliphatic rings. The number of likely N-dealkylation sites (N-methyl/N-ethyl adjacent to an activating group) is 1. The number of hydrogen-bond donors (Lipinski definition) is 1. The summed E-state index contributed by atoms with van der Waals surface area (Å²) < 4.78 is 42.3. The van der Waals surface area contributed by atoms with E-state index in [2.05, 4.69) is 5.32 Å². The second kappa shape index (κ2) is 12.4. The second-order valence-corrected chi connectivity index (χ2v) is 11.2. The monoisotopic (exact) mass is 559 g/mol. The number of carbonyl (C=O) groups is 2. The maximum absolute atomic E-state index is 13.9. The summed E-state index contributed by atoms with van der Waals surface area (Å²) in [6, 6.07) is 15.9. The van der Waals surface area contributed by atoms with Crippen LogP contribution in [0.15, 0.2) is 71.6 Å². The highest BCUT2D eigenvalue weighted by Crippen LogP contribution is 2.31. The zero-order valence-electron chi connectivity index (χ0n) is 21.7. The number of rotatable bonds is 10. The van der Waals surface area contributed by atoms with Crippen LogP contribution in [0.1, 0.15) is 30.0 Å². The van der Waals surface area contributed by atoms with Gasteiger partial charge in [0.1, 0.15) is 18.4 Å². The van der Waals surface area contributed by atoms with Crippen LogP contribution in [0.2, 0.25) is 5.02 Å². The molecular weight excluding hydrogens is 529 g/mol. The van der Waals surface area contributed by atoms with Crippen molar-refractivity contribution in [3.63, 3.8) is 0 Å². The van der Waals surface area contributed by atoms with Crippen molar-refractivity contribution in [3.8, 4) is 0 Å². The largest absolute Gasteiger partial charge is 0.357 e. The highest BCUT2D eigenvalue weighted by molar-refractivity contribution is 7.92. The molecule has 202 valence electrons. The Morgan fingerprint density at radius 3 is 2.21 bits per heavy atom. The number of hydrogen-bond acceptors (Lipinski definition) is 4. The van der Waals surface area contributed by atoms with Crippen LogP contribution in [0, 0.1) is 19.7 Å². The molecule has 3 aromatic carbocycles. The Labute approximate surface area is 228 Å². The fourth-order valence-corrected chi connectivity index (χ4v) is 5.73. The molecule has 1 N–H and O–H groups in total. The minimum atomic E-state index is -4.20. The summed E-state index contributed by atoms with van der Waals surface area (Å²) >= 11 is 6.33. The predicted octanol–water partition coefficient (Wildman–Crippen LogP) is 4.84. The quantitative estimate of drug-likeness (QED) is 0.385. The van der Waals surface area contributed by atoms with E-state index in [0.29, 0.717) is 16.1 Å². The van der Waals surface area contributed by atoms with Crippen molar-refractivity contribution in [1.29, 1.82) is 0 Å². The van der Waals surface area contributed by atoms with Gasteiger partial charge in [0.25, 0.3) is 10.0 Å². The van der Waals surface area contributed by atoms with Gasteiger partial charge in [-0.25, -0.2) is 12.8 Å². The first-order valence-electron chi connectivity index (χ1n) is 12.1. The molecular formula is C28H31ClFN3O4S. The van der Waals surface area contributed by atoms with Gasteiger partial charge >= 0.3 is 0 Å². The van der Waals surface area contributed by atoms with Crippen LogP contribution in [0.4, 0.5) is 10.1 Å². The van der Waals surface area contributed by atoms with E-state index in [1.54, 1.807) is 44.2 Å².